The summed E-state index contributed by atoms with van der Waals surface area (Å²) in [6.45, 7) is 2.07. The molecule has 1 aromatic carbocycles. The number of nitrogens with zero attached hydrogens (tertiary/aromatic N) is 2. The molecule has 0 aliphatic carbocycles. The average molecular weight is 287 g/mol. The number of hydrogen-bond acceptors (Lipinski definition) is 6. The third kappa shape index (κ3) is 2.25. The van der Waals surface area contributed by atoms with E-state index in [1.807, 2.05) is 12.1 Å². The standard InChI is InChI=1S/C14H13N3O2S/c1-2-10-7-11(12(15)20-10)14-16-13(17-19-14)8-4-3-5-9(18)6-8/h3-7,18H,2,15H2,1H3. The minimum absolute atomic E-state index is 0.164. The molecule has 2 aromatic heterocycles. The smallest absolute Gasteiger partial charge is 0.261 e. The monoisotopic (exact) mass is 287 g/mol. The number of nitrogens with two attached hydrogens (primary N) is 1. The van der Waals surface area contributed by atoms with Crippen LogP contribution in [-0.4, -0.2) is 15.2 Å². The predicted octanol–water partition coefficient (Wildman–Crippen LogP) is 3.32. The molecule has 0 saturated carbocycles. The van der Waals surface area contributed by atoms with E-state index in [-0.39, 0.29) is 5.75 Å². The van der Waals surface area contributed by atoms with Crippen molar-refractivity contribution < 1.29 is 9.63 Å². The molecule has 0 saturated heterocycles. The quantitative estimate of drug-likeness (QED) is 0.772. The summed E-state index contributed by atoms with van der Waals surface area (Å²) in [5.74, 6) is 0.994. The Morgan fingerprint density at radius 2 is 2.20 bits per heavy atom. The van der Waals surface area contributed by atoms with E-state index in [0.29, 0.717) is 22.3 Å². The topological polar surface area (TPSA) is 85.2 Å². The molecule has 0 bridgehead atoms. The van der Waals surface area contributed by atoms with Gasteiger partial charge in [-0.05, 0) is 24.6 Å². The second-order valence-electron chi connectivity index (χ2n) is 4.32. The number of aromatic nitrogens is 2. The number of benzene rings is 1. The fraction of sp³-hybridized carbons (Fsp3) is 0.143. The van der Waals surface area contributed by atoms with Crippen LogP contribution in [0.2, 0.25) is 0 Å². The average Bonchev–Trinajstić information content (AvgIpc) is 3.05. The molecular weight excluding hydrogens is 274 g/mol. The Kier molecular flexibility index (Phi) is 3.15. The van der Waals surface area contributed by atoms with Crippen LogP contribution in [0.4, 0.5) is 5.00 Å². The van der Waals surface area contributed by atoms with E-state index >= 15 is 0 Å². The van der Waals surface area contributed by atoms with Gasteiger partial charge in [0.2, 0.25) is 5.82 Å². The minimum atomic E-state index is 0.164. The van der Waals surface area contributed by atoms with Gasteiger partial charge in [0.1, 0.15) is 5.75 Å². The molecule has 5 nitrogen and oxygen atoms in total. The van der Waals surface area contributed by atoms with Crippen molar-refractivity contribution >= 4 is 16.3 Å². The lowest BCUT2D eigenvalue weighted by molar-refractivity contribution is 0.432. The van der Waals surface area contributed by atoms with Gasteiger partial charge in [0.15, 0.2) is 0 Å². The second-order valence-corrected chi connectivity index (χ2v) is 5.49. The van der Waals surface area contributed by atoms with E-state index in [4.69, 9.17) is 10.3 Å². The maximum Gasteiger partial charge on any atom is 0.261 e. The van der Waals surface area contributed by atoms with Gasteiger partial charge in [-0.3, -0.25) is 0 Å². The predicted molar refractivity (Wildman–Crippen MR) is 78.5 cm³/mol. The Morgan fingerprint density at radius 3 is 2.90 bits per heavy atom. The Labute approximate surface area is 119 Å². The molecule has 3 aromatic rings. The van der Waals surface area contributed by atoms with Crippen molar-refractivity contribution in [2.45, 2.75) is 13.3 Å². The number of anilines is 1. The number of phenols is 1. The zero-order valence-corrected chi connectivity index (χ0v) is 11.6. The van der Waals surface area contributed by atoms with E-state index in [2.05, 4.69) is 17.1 Å². The van der Waals surface area contributed by atoms with Crippen molar-refractivity contribution in [2.75, 3.05) is 5.73 Å². The molecular formula is C14H13N3O2S. The van der Waals surface area contributed by atoms with E-state index in [0.717, 1.165) is 12.0 Å². The van der Waals surface area contributed by atoms with Crippen LogP contribution in [0.15, 0.2) is 34.9 Å². The maximum absolute atomic E-state index is 9.47. The molecule has 3 rings (SSSR count). The van der Waals surface area contributed by atoms with Crippen molar-refractivity contribution in [1.82, 2.24) is 10.1 Å². The largest absolute Gasteiger partial charge is 0.508 e. The summed E-state index contributed by atoms with van der Waals surface area (Å²) < 4.78 is 5.27. The van der Waals surface area contributed by atoms with Crippen LogP contribution >= 0.6 is 11.3 Å². The molecule has 0 spiro atoms. The van der Waals surface area contributed by atoms with Gasteiger partial charge in [0.05, 0.1) is 10.6 Å². The van der Waals surface area contributed by atoms with Crippen molar-refractivity contribution in [3.8, 4) is 28.6 Å². The molecule has 0 unspecified atom stereocenters. The lowest BCUT2D eigenvalue weighted by Gasteiger charge is -1.94. The Balaban J connectivity index is 1.99. The lowest BCUT2D eigenvalue weighted by Crippen LogP contribution is -1.84. The highest BCUT2D eigenvalue weighted by Gasteiger charge is 2.15. The van der Waals surface area contributed by atoms with Gasteiger partial charge in [-0.15, -0.1) is 11.3 Å². The Bertz CT molecular complexity index is 748. The van der Waals surface area contributed by atoms with E-state index in [9.17, 15) is 5.11 Å². The highest BCUT2D eigenvalue weighted by atomic mass is 32.1. The van der Waals surface area contributed by atoms with Crippen LogP contribution in [0.5, 0.6) is 5.75 Å². The first kappa shape index (κ1) is 12.7. The lowest BCUT2D eigenvalue weighted by atomic mass is 10.2. The van der Waals surface area contributed by atoms with Crippen LogP contribution in [-0.2, 0) is 6.42 Å². The summed E-state index contributed by atoms with van der Waals surface area (Å²) in [4.78, 5) is 5.51. The van der Waals surface area contributed by atoms with Crippen molar-refractivity contribution in [3.63, 3.8) is 0 Å². The van der Waals surface area contributed by atoms with Crippen molar-refractivity contribution in [1.29, 1.82) is 0 Å². The van der Waals surface area contributed by atoms with Crippen LogP contribution in [0, 0.1) is 0 Å². The molecule has 0 atom stereocenters. The molecule has 0 aliphatic heterocycles. The molecule has 3 N–H and O–H groups in total. The van der Waals surface area contributed by atoms with Gasteiger partial charge in [-0.25, -0.2) is 0 Å². The fourth-order valence-electron chi connectivity index (χ4n) is 1.89. The number of thiophene rings is 1. The van der Waals surface area contributed by atoms with Gasteiger partial charge in [0.25, 0.3) is 5.89 Å². The first-order valence-corrected chi connectivity index (χ1v) is 7.00. The zero-order chi connectivity index (χ0) is 14.1. The number of aromatic hydroxyl groups is 1. The number of rotatable bonds is 3. The molecule has 6 heteroatoms. The minimum Gasteiger partial charge on any atom is -0.508 e. The highest BCUT2D eigenvalue weighted by molar-refractivity contribution is 7.16. The van der Waals surface area contributed by atoms with Gasteiger partial charge < -0.3 is 15.4 Å². The Hall–Kier alpha value is -2.34. The number of nitrogen functional groups attached to an aromatic ring is 1. The van der Waals surface area contributed by atoms with Gasteiger partial charge in [-0.2, -0.15) is 4.98 Å². The summed E-state index contributed by atoms with van der Waals surface area (Å²) in [5, 5.41) is 14.1. The SMILES string of the molecule is CCc1cc(-c2nc(-c3cccc(O)c3)no2)c(N)s1. The summed E-state index contributed by atoms with van der Waals surface area (Å²) in [6, 6.07) is 8.69. The molecule has 0 radical (unpaired) electrons. The first-order chi connectivity index (χ1) is 9.67. The number of phenolic OH excluding ortho intramolecular Hbond substituents is 1. The van der Waals surface area contributed by atoms with Gasteiger partial charge in [-0.1, -0.05) is 24.2 Å². The van der Waals surface area contributed by atoms with Gasteiger partial charge in [0, 0.05) is 10.4 Å². The van der Waals surface area contributed by atoms with Crippen LogP contribution in [0.25, 0.3) is 22.8 Å². The third-order valence-electron chi connectivity index (χ3n) is 2.92. The molecule has 0 aliphatic rings. The van der Waals surface area contributed by atoms with Crippen LogP contribution in [0.1, 0.15) is 11.8 Å². The first-order valence-electron chi connectivity index (χ1n) is 6.19. The Morgan fingerprint density at radius 1 is 1.35 bits per heavy atom. The summed E-state index contributed by atoms with van der Waals surface area (Å²) >= 11 is 1.53. The van der Waals surface area contributed by atoms with E-state index < -0.39 is 0 Å². The fourth-order valence-corrected chi connectivity index (χ4v) is 2.75. The molecule has 20 heavy (non-hydrogen) atoms. The van der Waals surface area contributed by atoms with Gasteiger partial charge >= 0.3 is 0 Å². The summed E-state index contributed by atoms with van der Waals surface area (Å²) in [6.07, 6.45) is 0.919. The normalized spacial score (nSPS) is 10.8. The second kappa shape index (κ2) is 4.97. The third-order valence-corrected chi connectivity index (χ3v) is 4.03. The molecule has 102 valence electrons. The zero-order valence-electron chi connectivity index (χ0n) is 10.8. The van der Waals surface area contributed by atoms with Crippen LogP contribution in [0.3, 0.4) is 0 Å². The van der Waals surface area contributed by atoms with Crippen LogP contribution < -0.4 is 5.73 Å². The summed E-state index contributed by atoms with van der Waals surface area (Å²) in [7, 11) is 0. The van der Waals surface area contributed by atoms with E-state index in [1.165, 1.54) is 16.2 Å². The molecule has 0 fully saturated rings. The number of aryl methyl sites for hydroxylation is 1. The molecule has 0 amide bonds. The highest BCUT2D eigenvalue weighted by Crippen LogP contribution is 2.34. The van der Waals surface area contributed by atoms with Crippen molar-refractivity contribution in [3.05, 3.63) is 35.2 Å². The number of hydrogen-bond donors (Lipinski definition) is 2. The molecule has 2 heterocycles. The summed E-state index contributed by atoms with van der Waals surface area (Å²) in [5.41, 5.74) is 7.44. The van der Waals surface area contributed by atoms with Crippen molar-refractivity contribution in [2.24, 2.45) is 0 Å². The van der Waals surface area contributed by atoms with E-state index in [1.54, 1.807) is 18.2 Å². The maximum atomic E-state index is 9.47.